The minimum atomic E-state index is -0.398. The van der Waals surface area contributed by atoms with Gasteiger partial charge >= 0.3 is 0 Å². The zero-order valence-corrected chi connectivity index (χ0v) is 16.5. The number of amides is 2. The molecule has 2 amide bonds. The highest BCUT2D eigenvalue weighted by atomic mass is 16.7. The number of anilines is 1. The van der Waals surface area contributed by atoms with Crippen molar-refractivity contribution in [3.8, 4) is 11.5 Å². The van der Waals surface area contributed by atoms with Gasteiger partial charge in [0.15, 0.2) is 17.2 Å². The van der Waals surface area contributed by atoms with Crippen LogP contribution in [0.1, 0.15) is 37.1 Å². The monoisotopic (exact) mass is 394 g/mol. The maximum atomic E-state index is 12.7. The predicted molar refractivity (Wildman–Crippen MR) is 107 cm³/mol. The number of carbonyl (C=O) groups excluding carboxylic acids is 2. The van der Waals surface area contributed by atoms with Crippen LogP contribution in [-0.2, 0) is 10.2 Å². The number of imidazole rings is 1. The molecule has 0 unspecified atom stereocenters. The second-order valence-electron chi connectivity index (χ2n) is 7.79. The van der Waals surface area contributed by atoms with E-state index in [9.17, 15) is 9.59 Å². The average Bonchev–Trinajstić information content (AvgIpc) is 3.30. The van der Waals surface area contributed by atoms with Crippen molar-refractivity contribution in [3.63, 3.8) is 0 Å². The molecule has 1 aromatic carbocycles. The van der Waals surface area contributed by atoms with Gasteiger partial charge < -0.3 is 24.5 Å². The van der Waals surface area contributed by atoms with Crippen molar-refractivity contribution < 1.29 is 19.1 Å². The van der Waals surface area contributed by atoms with E-state index in [0.717, 1.165) is 5.82 Å². The van der Waals surface area contributed by atoms with Gasteiger partial charge in [-0.1, -0.05) is 26.8 Å². The lowest BCUT2D eigenvalue weighted by atomic mass is 9.96. The first-order chi connectivity index (χ1) is 13.8. The van der Waals surface area contributed by atoms with E-state index in [1.54, 1.807) is 18.2 Å². The molecule has 0 saturated carbocycles. The number of rotatable bonds is 4. The number of pyridine rings is 1. The summed E-state index contributed by atoms with van der Waals surface area (Å²) in [5.41, 5.74) is 1.33. The molecule has 2 N–H and O–H groups in total. The SMILES string of the molecule is CC(C)(C)c1nc(C(=O)NCC(=O)Nc2ccc3c(c2)OCO3)c2ccccn12. The Kier molecular flexibility index (Phi) is 4.62. The van der Waals surface area contributed by atoms with Crippen LogP contribution in [0.5, 0.6) is 11.5 Å². The molecule has 1 aliphatic rings. The van der Waals surface area contributed by atoms with Crippen LogP contribution < -0.4 is 20.1 Å². The van der Waals surface area contributed by atoms with Crippen LogP contribution in [0.25, 0.3) is 5.52 Å². The van der Waals surface area contributed by atoms with E-state index in [1.165, 1.54) is 0 Å². The molecule has 0 saturated heterocycles. The third-order valence-electron chi connectivity index (χ3n) is 4.50. The Labute approximate surface area is 167 Å². The van der Waals surface area contributed by atoms with Crippen molar-refractivity contribution in [3.05, 3.63) is 54.1 Å². The molecular formula is C21H22N4O4. The summed E-state index contributed by atoms with van der Waals surface area (Å²) in [6.07, 6.45) is 1.88. The van der Waals surface area contributed by atoms with Crippen LogP contribution in [0.15, 0.2) is 42.6 Å². The average molecular weight is 394 g/mol. The van der Waals surface area contributed by atoms with E-state index in [0.29, 0.717) is 28.4 Å². The van der Waals surface area contributed by atoms with E-state index in [-0.39, 0.29) is 24.7 Å². The Morgan fingerprint density at radius 3 is 2.72 bits per heavy atom. The van der Waals surface area contributed by atoms with Crippen molar-refractivity contribution in [1.82, 2.24) is 14.7 Å². The van der Waals surface area contributed by atoms with Gasteiger partial charge in [-0.25, -0.2) is 4.98 Å². The predicted octanol–water partition coefficient (Wildman–Crippen LogP) is 2.73. The number of nitrogens with zero attached hydrogens (tertiary/aromatic N) is 2. The Balaban J connectivity index is 1.45. The van der Waals surface area contributed by atoms with Gasteiger partial charge in [-0.15, -0.1) is 0 Å². The molecule has 3 heterocycles. The standard InChI is InChI=1S/C21H22N4O4/c1-21(2,3)20-24-18(14-6-4-5-9-25(14)20)19(27)22-11-17(26)23-13-7-8-15-16(10-13)29-12-28-15/h4-10H,11-12H2,1-3H3,(H,22,27)(H,23,26). The fourth-order valence-electron chi connectivity index (χ4n) is 3.16. The lowest BCUT2D eigenvalue weighted by molar-refractivity contribution is -0.115. The van der Waals surface area contributed by atoms with Crippen LogP contribution in [-0.4, -0.2) is 34.5 Å². The van der Waals surface area contributed by atoms with E-state index in [1.807, 2.05) is 49.6 Å². The summed E-state index contributed by atoms with van der Waals surface area (Å²) in [7, 11) is 0. The summed E-state index contributed by atoms with van der Waals surface area (Å²) in [5, 5.41) is 5.38. The van der Waals surface area contributed by atoms with Crippen molar-refractivity contribution in [2.45, 2.75) is 26.2 Å². The Bertz CT molecular complexity index is 1100. The molecule has 2 aromatic heterocycles. The zero-order chi connectivity index (χ0) is 20.6. The van der Waals surface area contributed by atoms with Crippen LogP contribution in [0.2, 0.25) is 0 Å². The van der Waals surface area contributed by atoms with E-state index in [4.69, 9.17) is 9.47 Å². The van der Waals surface area contributed by atoms with Gasteiger partial charge in [0.25, 0.3) is 5.91 Å². The number of carbonyl (C=O) groups is 2. The van der Waals surface area contributed by atoms with Gasteiger partial charge in [0.2, 0.25) is 12.7 Å². The quantitative estimate of drug-likeness (QED) is 0.710. The first-order valence-corrected chi connectivity index (χ1v) is 9.28. The Morgan fingerprint density at radius 1 is 1.14 bits per heavy atom. The first kappa shape index (κ1) is 18.8. The van der Waals surface area contributed by atoms with Crippen LogP contribution in [0.3, 0.4) is 0 Å². The maximum absolute atomic E-state index is 12.7. The number of fused-ring (bicyclic) bond motifs is 2. The smallest absolute Gasteiger partial charge is 0.272 e. The molecule has 150 valence electrons. The highest BCUT2D eigenvalue weighted by Gasteiger charge is 2.25. The molecule has 1 aliphatic heterocycles. The molecule has 0 fully saturated rings. The van der Waals surface area contributed by atoms with Crippen molar-refractivity contribution in [1.29, 1.82) is 0 Å². The highest BCUT2D eigenvalue weighted by molar-refractivity contribution is 6.02. The molecule has 29 heavy (non-hydrogen) atoms. The van der Waals surface area contributed by atoms with E-state index < -0.39 is 5.91 Å². The van der Waals surface area contributed by atoms with Gasteiger partial charge in [0, 0.05) is 23.4 Å². The normalized spacial score (nSPS) is 12.8. The van der Waals surface area contributed by atoms with E-state index >= 15 is 0 Å². The molecule has 0 spiro atoms. The molecule has 8 nitrogen and oxygen atoms in total. The molecular weight excluding hydrogens is 372 g/mol. The summed E-state index contributed by atoms with van der Waals surface area (Å²) in [5.74, 6) is 1.24. The zero-order valence-electron chi connectivity index (χ0n) is 16.5. The van der Waals surface area contributed by atoms with Gasteiger partial charge in [-0.05, 0) is 24.3 Å². The number of ether oxygens (including phenoxy) is 2. The minimum Gasteiger partial charge on any atom is -0.454 e. The number of benzene rings is 1. The topological polar surface area (TPSA) is 94.0 Å². The van der Waals surface area contributed by atoms with E-state index in [2.05, 4.69) is 15.6 Å². The molecule has 0 radical (unpaired) electrons. The van der Waals surface area contributed by atoms with Gasteiger partial charge in [0.05, 0.1) is 12.1 Å². The fourth-order valence-corrected chi connectivity index (χ4v) is 3.16. The second kappa shape index (κ2) is 7.12. The van der Waals surface area contributed by atoms with Gasteiger partial charge in [-0.3, -0.25) is 9.59 Å². The largest absolute Gasteiger partial charge is 0.454 e. The lowest BCUT2D eigenvalue weighted by Crippen LogP contribution is -2.33. The first-order valence-electron chi connectivity index (χ1n) is 9.28. The van der Waals surface area contributed by atoms with Crippen molar-refractivity contribution in [2.75, 3.05) is 18.7 Å². The van der Waals surface area contributed by atoms with Gasteiger partial charge in [0.1, 0.15) is 5.82 Å². The fraction of sp³-hybridized carbons (Fsp3) is 0.286. The summed E-state index contributed by atoms with van der Waals surface area (Å²) in [6.45, 7) is 6.10. The number of hydrogen-bond donors (Lipinski definition) is 2. The van der Waals surface area contributed by atoms with Crippen LogP contribution in [0.4, 0.5) is 5.69 Å². The molecule has 3 aromatic rings. The van der Waals surface area contributed by atoms with Crippen molar-refractivity contribution in [2.24, 2.45) is 0 Å². The maximum Gasteiger partial charge on any atom is 0.272 e. The molecule has 8 heteroatoms. The molecule has 0 aliphatic carbocycles. The lowest BCUT2D eigenvalue weighted by Gasteiger charge is -2.16. The Hall–Kier alpha value is -3.55. The summed E-state index contributed by atoms with van der Waals surface area (Å²) in [6, 6.07) is 10.7. The van der Waals surface area contributed by atoms with Crippen LogP contribution >= 0.6 is 0 Å². The van der Waals surface area contributed by atoms with Gasteiger partial charge in [-0.2, -0.15) is 0 Å². The number of hydrogen-bond acceptors (Lipinski definition) is 5. The third-order valence-corrected chi connectivity index (χ3v) is 4.50. The van der Waals surface area contributed by atoms with Crippen LogP contribution in [0, 0.1) is 0 Å². The molecule has 4 rings (SSSR count). The van der Waals surface area contributed by atoms with Crippen molar-refractivity contribution >= 4 is 23.0 Å². The third kappa shape index (κ3) is 3.73. The molecule has 0 bridgehead atoms. The number of nitrogens with one attached hydrogen (secondary N) is 2. The summed E-state index contributed by atoms with van der Waals surface area (Å²) >= 11 is 0. The minimum absolute atomic E-state index is 0.165. The highest BCUT2D eigenvalue weighted by Crippen LogP contribution is 2.34. The summed E-state index contributed by atoms with van der Waals surface area (Å²) < 4.78 is 12.4. The number of aromatic nitrogens is 2. The summed E-state index contributed by atoms with van der Waals surface area (Å²) in [4.78, 5) is 29.5. The Morgan fingerprint density at radius 2 is 1.93 bits per heavy atom. The second-order valence-corrected chi connectivity index (χ2v) is 7.79. The molecule has 0 atom stereocenters.